The molecule has 2 aromatic carbocycles. The Bertz CT molecular complexity index is 644. The minimum atomic E-state index is 0.175. The molecule has 20 heavy (non-hydrogen) atoms. The van der Waals surface area contributed by atoms with Crippen molar-refractivity contribution in [2.75, 3.05) is 11.9 Å². The van der Waals surface area contributed by atoms with Gasteiger partial charge in [-0.3, -0.25) is 0 Å². The van der Waals surface area contributed by atoms with Crippen molar-refractivity contribution in [2.45, 2.75) is 19.4 Å². The topological polar surface area (TPSA) is 21.3 Å². The lowest BCUT2D eigenvalue weighted by molar-refractivity contribution is 0.246. The predicted molar refractivity (Wildman–Crippen MR) is 86.9 cm³/mol. The van der Waals surface area contributed by atoms with Crippen molar-refractivity contribution in [1.29, 1.82) is 0 Å². The van der Waals surface area contributed by atoms with E-state index in [1.165, 1.54) is 11.1 Å². The molecule has 1 N–H and O–H groups in total. The molecule has 104 valence electrons. The molecule has 0 radical (unpaired) electrons. The van der Waals surface area contributed by atoms with E-state index in [0.717, 1.165) is 33.9 Å². The van der Waals surface area contributed by atoms with Gasteiger partial charge >= 0.3 is 0 Å². The Kier molecular flexibility index (Phi) is 3.90. The molecular weight excluding hydrogens is 338 g/mol. The van der Waals surface area contributed by atoms with Crippen molar-refractivity contribution in [3.8, 4) is 5.75 Å². The molecule has 4 heteroatoms. The fourth-order valence-corrected chi connectivity index (χ4v) is 3.24. The zero-order valence-electron chi connectivity index (χ0n) is 11.1. The highest BCUT2D eigenvalue weighted by Crippen LogP contribution is 2.30. The number of hydrogen-bond acceptors (Lipinski definition) is 2. The SMILES string of the molecule is Cc1ccc2c(c1)CC(CNc1ccc(Cl)cc1Br)O2. The number of rotatable bonds is 3. The smallest absolute Gasteiger partial charge is 0.123 e. The normalized spacial score (nSPS) is 16.6. The van der Waals surface area contributed by atoms with E-state index in [0.29, 0.717) is 0 Å². The quantitative estimate of drug-likeness (QED) is 0.854. The summed E-state index contributed by atoms with van der Waals surface area (Å²) in [5, 5.41) is 4.13. The van der Waals surface area contributed by atoms with Gasteiger partial charge in [-0.2, -0.15) is 0 Å². The second-order valence-corrected chi connectivity index (χ2v) is 6.35. The van der Waals surface area contributed by atoms with Crippen molar-refractivity contribution in [2.24, 2.45) is 0 Å². The first-order valence-corrected chi connectivity index (χ1v) is 7.74. The third kappa shape index (κ3) is 2.94. The average molecular weight is 353 g/mol. The molecule has 1 atom stereocenters. The van der Waals surface area contributed by atoms with Gasteiger partial charge in [0.15, 0.2) is 0 Å². The fourth-order valence-electron chi connectivity index (χ4n) is 2.42. The molecule has 0 fully saturated rings. The van der Waals surface area contributed by atoms with E-state index in [4.69, 9.17) is 16.3 Å². The van der Waals surface area contributed by atoms with Crippen LogP contribution in [0.2, 0.25) is 5.02 Å². The lowest BCUT2D eigenvalue weighted by Crippen LogP contribution is -2.24. The van der Waals surface area contributed by atoms with Gasteiger partial charge < -0.3 is 10.1 Å². The third-order valence-electron chi connectivity index (χ3n) is 3.41. The molecule has 2 nitrogen and oxygen atoms in total. The standard InChI is InChI=1S/C16H15BrClNO/c1-10-2-5-16-11(6-10)7-13(20-16)9-19-15-4-3-12(18)8-14(15)17/h2-6,8,13,19H,7,9H2,1H3. The number of aryl methyl sites for hydroxylation is 1. The number of anilines is 1. The van der Waals surface area contributed by atoms with E-state index in [1.807, 2.05) is 18.2 Å². The summed E-state index contributed by atoms with van der Waals surface area (Å²) < 4.78 is 6.91. The van der Waals surface area contributed by atoms with Gasteiger partial charge in [0.05, 0.1) is 6.54 Å². The van der Waals surface area contributed by atoms with Crippen LogP contribution in [0.4, 0.5) is 5.69 Å². The summed E-state index contributed by atoms with van der Waals surface area (Å²) in [5.74, 6) is 1.01. The number of ether oxygens (including phenoxy) is 1. The van der Waals surface area contributed by atoms with Crippen molar-refractivity contribution in [1.82, 2.24) is 0 Å². The molecule has 2 aromatic rings. The van der Waals surface area contributed by atoms with Gasteiger partial charge in [0, 0.05) is 21.6 Å². The zero-order valence-corrected chi connectivity index (χ0v) is 13.5. The van der Waals surface area contributed by atoms with Gasteiger partial charge in [-0.05, 0) is 52.7 Å². The summed E-state index contributed by atoms with van der Waals surface area (Å²) in [6.07, 6.45) is 1.13. The van der Waals surface area contributed by atoms with Crippen LogP contribution in [0.25, 0.3) is 0 Å². The zero-order chi connectivity index (χ0) is 14.1. The van der Waals surface area contributed by atoms with Crippen LogP contribution in [0.15, 0.2) is 40.9 Å². The molecule has 1 aliphatic rings. The van der Waals surface area contributed by atoms with Gasteiger partial charge in [-0.1, -0.05) is 29.3 Å². The Hall–Kier alpha value is -1.19. The summed E-state index contributed by atoms with van der Waals surface area (Å²) in [6.45, 7) is 2.88. The monoisotopic (exact) mass is 351 g/mol. The minimum Gasteiger partial charge on any atom is -0.488 e. The fraction of sp³-hybridized carbons (Fsp3) is 0.250. The van der Waals surface area contributed by atoms with Gasteiger partial charge in [-0.25, -0.2) is 0 Å². The number of nitrogens with one attached hydrogen (secondary N) is 1. The lowest BCUT2D eigenvalue weighted by atomic mass is 10.1. The molecule has 1 heterocycles. The largest absolute Gasteiger partial charge is 0.488 e. The van der Waals surface area contributed by atoms with Crippen LogP contribution in [0.5, 0.6) is 5.75 Å². The van der Waals surface area contributed by atoms with Crippen LogP contribution in [-0.4, -0.2) is 12.6 Å². The summed E-state index contributed by atoms with van der Waals surface area (Å²) in [5.41, 5.74) is 3.61. The molecule has 0 bridgehead atoms. The lowest BCUT2D eigenvalue weighted by Gasteiger charge is -2.14. The summed E-state index contributed by atoms with van der Waals surface area (Å²) in [4.78, 5) is 0. The Labute approximate surface area is 132 Å². The number of fused-ring (bicyclic) bond motifs is 1. The van der Waals surface area contributed by atoms with Crippen LogP contribution in [0.1, 0.15) is 11.1 Å². The molecule has 1 aliphatic heterocycles. The van der Waals surface area contributed by atoms with Crippen molar-refractivity contribution in [3.05, 3.63) is 57.0 Å². The second-order valence-electron chi connectivity index (χ2n) is 5.06. The van der Waals surface area contributed by atoms with Crippen LogP contribution in [-0.2, 0) is 6.42 Å². The van der Waals surface area contributed by atoms with Gasteiger partial charge in [0.25, 0.3) is 0 Å². The van der Waals surface area contributed by atoms with Crippen LogP contribution in [0, 0.1) is 6.92 Å². The Balaban J connectivity index is 1.63. The van der Waals surface area contributed by atoms with Crippen molar-refractivity contribution < 1.29 is 4.74 Å². The molecular formula is C16H15BrClNO. The highest BCUT2D eigenvalue weighted by molar-refractivity contribution is 9.10. The van der Waals surface area contributed by atoms with E-state index in [9.17, 15) is 0 Å². The molecule has 0 amide bonds. The summed E-state index contributed by atoms with van der Waals surface area (Å²) in [6, 6.07) is 12.1. The van der Waals surface area contributed by atoms with Crippen LogP contribution in [0.3, 0.4) is 0 Å². The van der Waals surface area contributed by atoms with Gasteiger partial charge in [-0.15, -0.1) is 0 Å². The van der Waals surface area contributed by atoms with Crippen molar-refractivity contribution >= 4 is 33.2 Å². The third-order valence-corrected chi connectivity index (χ3v) is 4.30. The van der Waals surface area contributed by atoms with Gasteiger partial charge in [0.1, 0.15) is 11.9 Å². The highest BCUT2D eigenvalue weighted by Gasteiger charge is 2.22. The summed E-state index contributed by atoms with van der Waals surface area (Å²) >= 11 is 9.44. The summed E-state index contributed by atoms with van der Waals surface area (Å²) in [7, 11) is 0. The number of benzene rings is 2. The van der Waals surface area contributed by atoms with E-state index < -0.39 is 0 Å². The van der Waals surface area contributed by atoms with Crippen molar-refractivity contribution in [3.63, 3.8) is 0 Å². The first-order valence-electron chi connectivity index (χ1n) is 6.57. The molecule has 3 rings (SSSR count). The minimum absolute atomic E-state index is 0.175. The molecule has 0 spiro atoms. The first kappa shape index (κ1) is 13.8. The predicted octanol–water partition coefficient (Wildman–Crippen LogP) is 4.83. The maximum atomic E-state index is 5.94. The van der Waals surface area contributed by atoms with Gasteiger partial charge in [0.2, 0.25) is 0 Å². The molecule has 0 saturated carbocycles. The number of halogens is 2. The molecule has 1 unspecified atom stereocenters. The molecule has 0 aromatic heterocycles. The second kappa shape index (κ2) is 5.66. The molecule has 0 aliphatic carbocycles. The highest BCUT2D eigenvalue weighted by atomic mass is 79.9. The Morgan fingerprint density at radius 1 is 1.30 bits per heavy atom. The maximum absolute atomic E-state index is 5.94. The van der Waals surface area contributed by atoms with E-state index >= 15 is 0 Å². The number of hydrogen-bond donors (Lipinski definition) is 1. The van der Waals surface area contributed by atoms with E-state index in [2.05, 4.69) is 46.4 Å². The van der Waals surface area contributed by atoms with E-state index in [1.54, 1.807) is 0 Å². The Morgan fingerprint density at radius 2 is 2.15 bits per heavy atom. The first-order chi connectivity index (χ1) is 9.61. The molecule has 0 saturated heterocycles. The van der Waals surface area contributed by atoms with Crippen LogP contribution < -0.4 is 10.1 Å². The average Bonchev–Trinajstić information content (AvgIpc) is 2.79. The van der Waals surface area contributed by atoms with E-state index in [-0.39, 0.29) is 6.10 Å². The Morgan fingerprint density at radius 3 is 2.95 bits per heavy atom. The van der Waals surface area contributed by atoms with Crippen LogP contribution >= 0.6 is 27.5 Å². The maximum Gasteiger partial charge on any atom is 0.123 e.